The van der Waals surface area contributed by atoms with Crippen LogP contribution in [0.15, 0.2) is 18.2 Å². The summed E-state index contributed by atoms with van der Waals surface area (Å²) in [5, 5.41) is 3.37. The van der Waals surface area contributed by atoms with E-state index >= 15 is 0 Å². The van der Waals surface area contributed by atoms with Crippen LogP contribution in [0.1, 0.15) is 46.0 Å². The normalized spacial score (nSPS) is 34.9. The van der Waals surface area contributed by atoms with Crippen molar-refractivity contribution in [3.05, 3.63) is 29.0 Å². The average molecular weight is 428 g/mol. The van der Waals surface area contributed by atoms with E-state index in [1.54, 1.807) is 13.8 Å². The molecule has 1 aromatic rings. The highest BCUT2D eigenvalue weighted by atomic mass is 35.5. The van der Waals surface area contributed by atoms with Crippen LogP contribution in [0.2, 0.25) is 5.02 Å². The number of rotatable bonds is 5. The summed E-state index contributed by atoms with van der Waals surface area (Å²) in [6.07, 6.45) is 6.97. The van der Waals surface area contributed by atoms with Gasteiger partial charge in [-0.25, -0.2) is 4.39 Å². The first-order chi connectivity index (χ1) is 13.1. The highest BCUT2D eigenvalue weighted by Gasteiger charge is 2.57. The first-order valence-electron chi connectivity index (χ1n) is 9.88. The van der Waals surface area contributed by atoms with Crippen LogP contribution in [0.5, 0.6) is 5.75 Å². The van der Waals surface area contributed by atoms with Crippen LogP contribution in [0.4, 0.5) is 4.39 Å². The van der Waals surface area contributed by atoms with Gasteiger partial charge in [-0.3, -0.25) is 9.00 Å². The van der Waals surface area contributed by atoms with Gasteiger partial charge in [-0.2, -0.15) is 0 Å². The van der Waals surface area contributed by atoms with E-state index in [0.717, 1.165) is 32.1 Å². The Morgan fingerprint density at radius 1 is 1.29 bits per heavy atom. The Morgan fingerprint density at radius 3 is 2.50 bits per heavy atom. The summed E-state index contributed by atoms with van der Waals surface area (Å²) in [5.74, 6) is 1.03. The highest BCUT2D eigenvalue weighted by Crippen LogP contribution is 2.57. The minimum atomic E-state index is -1.14. The quantitative estimate of drug-likeness (QED) is 0.770. The van der Waals surface area contributed by atoms with Crippen molar-refractivity contribution in [3.63, 3.8) is 0 Å². The third kappa shape index (κ3) is 3.47. The summed E-state index contributed by atoms with van der Waals surface area (Å²) < 4.78 is 31.5. The molecule has 0 heterocycles. The number of halogens is 2. The largest absolute Gasteiger partial charge is 0.476 e. The zero-order valence-corrected chi connectivity index (χ0v) is 18.0. The maximum atomic E-state index is 13.3. The Kier molecular flexibility index (Phi) is 5.02. The fourth-order valence-electron chi connectivity index (χ4n) is 5.74. The molecular formula is C21H27ClFNO3S. The van der Waals surface area contributed by atoms with Gasteiger partial charge >= 0.3 is 0 Å². The summed E-state index contributed by atoms with van der Waals surface area (Å²) in [6, 6.07) is 3.98. The molecular weight excluding hydrogens is 401 g/mol. The third-order valence-electron chi connectivity index (χ3n) is 6.93. The Bertz CT molecular complexity index is 814. The van der Waals surface area contributed by atoms with Crippen molar-refractivity contribution in [1.82, 2.24) is 5.32 Å². The molecule has 0 radical (unpaired) electrons. The van der Waals surface area contributed by atoms with Gasteiger partial charge in [-0.05, 0) is 81.9 Å². The number of hydrogen-bond donors (Lipinski definition) is 1. The van der Waals surface area contributed by atoms with Crippen molar-refractivity contribution >= 4 is 28.3 Å². The zero-order valence-electron chi connectivity index (χ0n) is 16.5. The molecule has 0 aromatic heterocycles. The molecule has 4 aliphatic carbocycles. The van der Waals surface area contributed by atoms with E-state index in [-0.39, 0.29) is 27.5 Å². The number of carbonyl (C=O) groups is 1. The van der Waals surface area contributed by atoms with Crippen molar-refractivity contribution in [2.24, 2.45) is 17.8 Å². The number of hydrogen-bond acceptors (Lipinski definition) is 3. The number of amides is 1. The van der Waals surface area contributed by atoms with Crippen LogP contribution in [0.25, 0.3) is 0 Å². The molecule has 4 aliphatic rings. The molecule has 1 aromatic carbocycles. The molecule has 3 unspecified atom stereocenters. The van der Waals surface area contributed by atoms with Gasteiger partial charge in [0.2, 0.25) is 0 Å². The number of ether oxygens (including phenoxy) is 1. The second-order valence-corrected chi connectivity index (χ2v) is 11.5. The van der Waals surface area contributed by atoms with Crippen LogP contribution in [-0.2, 0) is 15.6 Å². The average Bonchev–Trinajstić information content (AvgIpc) is 2.59. The molecule has 0 saturated heterocycles. The highest BCUT2D eigenvalue weighted by molar-refractivity contribution is 7.85. The van der Waals surface area contributed by atoms with E-state index in [2.05, 4.69) is 5.32 Å². The Labute approximate surface area is 173 Å². The lowest BCUT2D eigenvalue weighted by molar-refractivity contribution is -0.137. The lowest BCUT2D eigenvalue weighted by Crippen LogP contribution is -2.64. The smallest absolute Gasteiger partial charge is 0.263 e. The monoisotopic (exact) mass is 427 g/mol. The number of benzene rings is 1. The molecule has 4 bridgehead atoms. The lowest BCUT2D eigenvalue weighted by atomic mass is 9.53. The molecule has 28 heavy (non-hydrogen) atoms. The second kappa shape index (κ2) is 6.98. The third-order valence-corrected chi connectivity index (χ3v) is 8.95. The van der Waals surface area contributed by atoms with Crippen LogP contribution < -0.4 is 10.1 Å². The van der Waals surface area contributed by atoms with Gasteiger partial charge in [0.05, 0.1) is 5.02 Å². The van der Waals surface area contributed by atoms with E-state index < -0.39 is 22.2 Å². The van der Waals surface area contributed by atoms with Gasteiger partial charge in [0, 0.05) is 27.8 Å². The second-order valence-electron chi connectivity index (χ2n) is 9.29. The SMILES string of the molecule is CS(=O)C12CC3CC(C1)C(NC(=O)C(C)(C)Oc1ccc(F)cc1Cl)C(C3)C2. The minimum Gasteiger partial charge on any atom is -0.476 e. The first-order valence-corrected chi connectivity index (χ1v) is 11.8. The fourth-order valence-corrected chi connectivity index (χ4v) is 7.32. The topological polar surface area (TPSA) is 55.4 Å². The van der Waals surface area contributed by atoms with Crippen LogP contribution in [0, 0.1) is 23.6 Å². The van der Waals surface area contributed by atoms with Gasteiger partial charge < -0.3 is 10.1 Å². The van der Waals surface area contributed by atoms with E-state index in [0.29, 0.717) is 17.8 Å². The lowest BCUT2D eigenvalue weighted by Gasteiger charge is -2.59. The van der Waals surface area contributed by atoms with Crippen LogP contribution in [0.3, 0.4) is 0 Å². The van der Waals surface area contributed by atoms with Crippen molar-refractivity contribution in [2.45, 2.75) is 62.3 Å². The maximum absolute atomic E-state index is 13.3. The first kappa shape index (κ1) is 20.1. The van der Waals surface area contributed by atoms with Crippen molar-refractivity contribution in [2.75, 3.05) is 6.26 Å². The van der Waals surface area contributed by atoms with Gasteiger partial charge in [0.15, 0.2) is 5.60 Å². The molecule has 1 N–H and O–H groups in total. The predicted octanol–water partition coefficient (Wildman–Crippen LogP) is 4.08. The molecule has 5 rings (SSSR count). The predicted molar refractivity (Wildman–Crippen MR) is 108 cm³/mol. The van der Waals surface area contributed by atoms with Gasteiger partial charge in [-0.1, -0.05) is 11.6 Å². The van der Waals surface area contributed by atoms with Crippen molar-refractivity contribution in [3.8, 4) is 5.75 Å². The number of nitrogens with one attached hydrogen (secondary N) is 1. The van der Waals surface area contributed by atoms with Gasteiger partial charge in [0.1, 0.15) is 11.6 Å². The summed E-state index contributed by atoms with van der Waals surface area (Å²) in [7, 11) is -0.829. The van der Waals surface area contributed by atoms with Crippen molar-refractivity contribution < 1.29 is 18.1 Å². The molecule has 4 saturated carbocycles. The molecule has 3 atom stereocenters. The summed E-state index contributed by atoms with van der Waals surface area (Å²) in [6.45, 7) is 3.39. The Morgan fingerprint density at radius 2 is 1.93 bits per heavy atom. The number of carbonyl (C=O) groups excluding carboxylic acids is 1. The molecule has 4 fully saturated rings. The Hall–Kier alpha value is -1.14. The van der Waals surface area contributed by atoms with Gasteiger partial charge in [-0.15, -0.1) is 0 Å². The van der Waals surface area contributed by atoms with Crippen molar-refractivity contribution in [1.29, 1.82) is 0 Å². The van der Waals surface area contributed by atoms with E-state index in [9.17, 15) is 13.4 Å². The minimum absolute atomic E-state index is 0.0502. The standard InChI is InChI=1S/C21H27ClFNO3S/c1-20(2,27-17-5-4-15(23)8-16(17)22)19(25)24-18-13-6-12-7-14(18)11-21(9-12,10-13)28(3)26/h4-5,8,12-14,18H,6-7,9-11H2,1-3H3,(H,24,25). The molecule has 0 spiro atoms. The van der Waals surface area contributed by atoms with E-state index in [1.165, 1.54) is 18.2 Å². The molecule has 154 valence electrons. The summed E-state index contributed by atoms with van der Waals surface area (Å²) in [4.78, 5) is 13.0. The van der Waals surface area contributed by atoms with Gasteiger partial charge in [0.25, 0.3) is 5.91 Å². The van der Waals surface area contributed by atoms with Crippen LogP contribution in [-0.4, -0.2) is 32.8 Å². The summed E-state index contributed by atoms with van der Waals surface area (Å²) in [5.41, 5.74) is -1.14. The Balaban J connectivity index is 1.47. The molecule has 0 aliphatic heterocycles. The summed E-state index contributed by atoms with van der Waals surface area (Å²) >= 11 is 6.05. The van der Waals surface area contributed by atoms with Crippen LogP contribution >= 0.6 is 11.6 Å². The van der Waals surface area contributed by atoms with E-state index in [4.69, 9.17) is 16.3 Å². The molecule has 4 nitrogen and oxygen atoms in total. The maximum Gasteiger partial charge on any atom is 0.263 e. The zero-order chi connectivity index (χ0) is 20.3. The van der Waals surface area contributed by atoms with E-state index in [1.807, 2.05) is 6.26 Å². The molecule has 7 heteroatoms. The fraction of sp³-hybridized carbons (Fsp3) is 0.667. The molecule has 1 amide bonds.